The molecule has 3 amide bonds. The Balaban J connectivity index is 1.10. The SMILES string of the molecule is CC(=O)N1CCN(C(=O)[C@@H]2CCCN(C3CCN(C(=O)c4cc(-c5ccccc5)nc(-c5ccccc5)c4)CC3)C2)CC1. The summed E-state index contributed by atoms with van der Waals surface area (Å²) in [6, 6.07) is 24.3. The number of carbonyl (C=O) groups is 3. The number of piperazine rings is 1. The smallest absolute Gasteiger partial charge is 0.254 e. The van der Waals surface area contributed by atoms with Crippen LogP contribution < -0.4 is 0 Å². The number of carbonyl (C=O) groups excluding carboxylic acids is 3. The predicted octanol–water partition coefficient (Wildman–Crippen LogP) is 4.42. The van der Waals surface area contributed by atoms with Crippen LogP contribution >= 0.6 is 0 Å². The molecule has 8 nitrogen and oxygen atoms in total. The molecule has 3 aliphatic heterocycles. The Kier molecular flexibility index (Phi) is 8.84. The molecule has 0 radical (unpaired) electrons. The van der Waals surface area contributed by atoms with E-state index in [1.54, 1.807) is 6.92 Å². The van der Waals surface area contributed by atoms with Crippen LogP contribution in [0.2, 0.25) is 0 Å². The summed E-state index contributed by atoms with van der Waals surface area (Å²) >= 11 is 0. The first-order valence-electron chi connectivity index (χ1n) is 15.7. The lowest BCUT2D eigenvalue weighted by atomic mass is 9.92. The van der Waals surface area contributed by atoms with Gasteiger partial charge in [0.05, 0.1) is 17.3 Å². The number of benzene rings is 2. The summed E-state index contributed by atoms with van der Waals surface area (Å²) in [7, 11) is 0. The first kappa shape index (κ1) is 29.1. The Labute approximate surface area is 254 Å². The Morgan fingerprint density at radius 3 is 1.79 bits per heavy atom. The number of piperidine rings is 2. The Hall–Kier alpha value is -4.04. The summed E-state index contributed by atoms with van der Waals surface area (Å²) < 4.78 is 0. The molecule has 0 saturated carbocycles. The second-order valence-electron chi connectivity index (χ2n) is 12.0. The Morgan fingerprint density at radius 2 is 1.23 bits per heavy atom. The lowest BCUT2D eigenvalue weighted by molar-refractivity contribution is -0.143. The highest BCUT2D eigenvalue weighted by molar-refractivity contribution is 5.96. The third kappa shape index (κ3) is 6.64. The van der Waals surface area contributed by atoms with E-state index < -0.39 is 0 Å². The van der Waals surface area contributed by atoms with Crippen molar-refractivity contribution in [3.8, 4) is 22.5 Å². The van der Waals surface area contributed by atoms with E-state index in [0.29, 0.717) is 50.9 Å². The van der Waals surface area contributed by atoms with Gasteiger partial charge < -0.3 is 14.7 Å². The van der Waals surface area contributed by atoms with Crippen molar-refractivity contribution >= 4 is 17.7 Å². The van der Waals surface area contributed by atoms with Crippen LogP contribution in [0.15, 0.2) is 72.8 Å². The van der Waals surface area contributed by atoms with Crippen LogP contribution in [-0.4, -0.2) is 101 Å². The van der Waals surface area contributed by atoms with Crippen molar-refractivity contribution in [2.75, 3.05) is 52.4 Å². The van der Waals surface area contributed by atoms with Crippen LogP contribution in [0.3, 0.4) is 0 Å². The maximum Gasteiger partial charge on any atom is 0.254 e. The highest BCUT2D eigenvalue weighted by Gasteiger charge is 2.35. The number of rotatable bonds is 5. The van der Waals surface area contributed by atoms with E-state index in [1.165, 1.54) is 0 Å². The van der Waals surface area contributed by atoms with Gasteiger partial charge in [0.2, 0.25) is 11.8 Å². The van der Waals surface area contributed by atoms with Crippen molar-refractivity contribution in [3.05, 3.63) is 78.4 Å². The standard InChI is InChI=1S/C35H41N5O3/c1-26(41)37-19-21-39(22-20-37)34(42)29-13-8-16-40(25-29)31-14-17-38(18-15-31)35(43)30-23-32(27-9-4-2-5-10-27)36-33(24-30)28-11-6-3-7-12-28/h2-7,9-12,23-24,29,31H,8,13-22,25H2,1H3/t29-/m1/s1. The molecule has 3 saturated heterocycles. The Bertz CT molecular complexity index is 1370. The van der Waals surface area contributed by atoms with E-state index in [4.69, 9.17) is 4.98 Å². The van der Waals surface area contributed by atoms with Crippen LogP contribution in [0.5, 0.6) is 0 Å². The quantitative estimate of drug-likeness (QED) is 0.447. The molecule has 3 aromatic rings. The molecule has 2 aromatic carbocycles. The van der Waals surface area contributed by atoms with Gasteiger partial charge in [0.1, 0.15) is 0 Å². The van der Waals surface area contributed by atoms with E-state index in [-0.39, 0.29) is 23.6 Å². The molecular weight excluding hydrogens is 538 g/mol. The van der Waals surface area contributed by atoms with Gasteiger partial charge in [-0.25, -0.2) is 4.98 Å². The van der Waals surface area contributed by atoms with Gasteiger partial charge in [-0.3, -0.25) is 19.3 Å². The molecule has 3 aliphatic rings. The van der Waals surface area contributed by atoms with E-state index in [9.17, 15) is 14.4 Å². The van der Waals surface area contributed by atoms with Gasteiger partial charge in [0, 0.05) is 75.5 Å². The highest BCUT2D eigenvalue weighted by atomic mass is 16.2. The first-order chi connectivity index (χ1) is 21.0. The average molecular weight is 580 g/mol. The molecule has 8 heteroatoms. The molecule has 4 heterocycles. The third-order valence-electron chi connectivity index (χ3n) is 9.32. The average Bonchev–Trinajstić information content (AvgIpc) is 3.08. The zero-order valence-electron chi connectivity index (χ0n) is 25.0. The van der Waals surface area contributed by atoms with E-state index >= 15 is 0 Å². The highest BCUT2D eigenvalue weighted by Crippen LogP contribution is 2.28. The minimum Gasteiger partial charge on any atom is -0.339 e. The number of pyridine rings is 1. The maximum atomic E-state index is 13.8. The third-order valence-corrected chi connectivity index (χ3v) is 9.32. The van der Waals surface area contributed by atoms with Crippen molar-refractivity contribution < 1.29 is 14.4 Å². The molecule has 0 N–H and O–H groups in total. The number of likely N-dealkylation sites (tertiary alicyclic amines) is 2. The molecule has 0 bridgehead atoms. The summed E-state index contributed by atoms with van der Waals surface area (Å²) in [4.78, 5) is 52.0. The molecule has 3 fully saturated rings. The number of hydrogen-bond donors (Lipinski definition) is 0. The summed E-state index contributed by atoms with van der Waals surface area (Å²) in [5, 5.41) is 0. The topological polar surface area (TPSA) is 77.1 Å². The molecule has 6 rings (SSSR count). The lowest BCUT2D eigenvalue weighted by Crippen LogP contribution is -2.55. The second-order valence-corrected chi connectivity index (χ2v) is 12.0. The van der Waals surface area contributed by atoms with Crippen LogP contribution in [0.1, 0.15) is 43.0 Å². The van der Waals surface area contributed by atoms with Gasteiger partial charge in [0.25, 0.3) is 5.91 Å². The number of hydrogen-bond acceptors (Lipinski definition) is 5. The fourth-order valence-corrected chi connectivity index (χ4v) is 6.82. The van der Waals surface area contributed by atoms with Gasteiger partial charge in [-0.2, -0.15) is 0 Å². The lowest BCUT2D eigenvalue weighted by Gasteiger charge is -2.43. The molecule has 1 atom stereocenters. The van der Waals surface area contributed by atoms with E-state index in [0.717, 1.165) is 61.3 Å². The monoisotopic (exact) mass is 579 g/mol. The second kappa shape index (κ2) is 13.1. The van der Waals surface area contributed by atoms with Crippen molar-refractivity contribution in [2.45, 2.75) is 38.6 Å². The molecule has 43 heavy (non-hydrogen) atoms. The van der Waals surface area contributed by atoms with Crippen molar-refractivity contribution in [1.82, 2.24) is 24.6 Å². The van der Waals surface area contributed by atoms with Gasteiger partial charge in [-0.15, -0.1) is 0 Å². The number of nitrogens with zero attached hydrogens (tertiary/aromatic N) is 5. The summed E-state index contributed by atoms with van der Waals surface area (Å²) in [5.74, 6) is 0.383. The maximum absolute atomic E-state index is 13.8. The molecule has 0 unspecified atom stereocenters. The van der Waals surface area contributed by atoms with E-state index in [1.807, 2.05) is 87.5 Å². The van der Waals surface area contributed by atoms with Crippen LogP contribution in [0.4, 0.5) is 0 Å². The van der Waals surface area contributed by atoms with Gasteiger partial charge >= 0.3 is 0 Å². The van der Waals surface area contributed by atoms with Gasteiger partial charge in [-0.1, -0.05) is 60.7 Å². The van der Waals surface area contributed by atoms with Crippen LogP contribution in [0, 0.1) is 5.92 Å². The number of aromatic nitrogens is 1. The molecule has 0 spiro atoms. The van der Waals surface area contributed by atoms with E-state index in [2.05, 4.69) is 4.90 Å². The Morgan fingerprint density at radius 1 is 0.674 bits per heavy atom. The first-order valence-corrected chi connectivity index (χ1v) is 15.7. The normalized spacial score (nSPS) is 20.2. The summed E-state index contributed by atoms with van der Waals surface area (Å²) in [6.07, 6.45) is 3.76. The van der Waals surface area contributed by atoms with Crippen molar-refractivity contribution in [1.29, 1.82) is 0 Å². The predicted molar refractivity (Wildman–Crippen MR) is 167 cm³/mol. The minimum absolute atomic E-state index is 0.0157. The molecule has 1 aromatic heterocycles. The fraction of sp³-hybridized carbons (Fsp3) is 0.429. The molecule has 0 aliphatic carbocycles. The zero-order valence-corrected chi connectivity index (χ0v) is 25.0. The number of amides is 3. The van der Waals surface area contributed by atoms with Gasteiger partial charge in [0.15, 0.2) is 0 Å². The summed E-state index contributed by atoms with van der Waals surface area (Å²) in [5.41, 5.74) is 4.24. The summed E-state index contributed by atoms with van der Waals surface area (Å²) in [6.45, 7) is 7.30. The fourth-order valence-electron chi connectivity index (χ4n) is 6.82. The minimum atomic E-state index is 0.0157. The van der Waals surface area contributed by atoms with Crippen LogP contribution in [0.25, 0.3) is 22.5 Å². The van der Waals surface area contributed by atoms with Crippen molar-refractivity contribution in [3.63, 3.8) is 0 Å². The molecule has 224 valence electrons. The zero-order chi connectivity index (χ0) is 29.8. The van der Waals surface area contributed by atoms with Crippen LogP contribution in [-0.2, 0) is 9.59 Å². The van der Waals surface area contributed by atoms with Crippen molar-refractivity contribution in [2.24, 2.45) is 5.92 Å². The molecular formula is C35H41N5O3. The largest absolute Gasteiger partial charge is 0.339 e. The van der Waals surface area contributed by atoms with Gasteiger partial charge in [-0.05, 0) is 44.4 Å².